The fourth-order valence-electron chi connectivity index (χ4n) is 1.60. The summed E-state index contributed by atoms with van der Waals surface area (Å²) in [7, 11) is 0. The SMILES string of the molecule is Cc1c(CC(=O)N[C@@H](C)C(N)=O)cccc1[N+](=O)[O-]. The van der Waals surface area contributed by atoms with Crippen molar-refractivity contribution in [3.8, 4) is 0 Å². The van der Waals surface area contributed by atoms with Gasteiger partial charge in [-0.05, 0) is 19.4 Å². The average Bonchev–Trinajstić information content (AvgIpc) is 2.31. The van der Waals surface area contributed by atoms with Crippen molar-refractivity contribution in [2.45, 2.75) is 26.3 Å². The van der Waals surface area contributed by atoms with E-state index in [-0.39, 0.29) is 12.1 Å². The van der Waals surface area contributed by atoms with Gasteiger partial charge in [0.05, 0.1) is 11.3 Å². The number of nitro benzene ring substituents is 1. The number of hydrogen-bond donors (Lipinski definition) is 2. The number of carbonyl (C=O) groups excluding carboxylic acids is 2. The second-order valence-corrected chi connectivity index (χ2v) is 4.19. The first-order chi connectivity index (χ1) is 8.82. The number of rotatable bonds is 5. The number of nitrogens with two attached hydrogens (primary N) is 1. The summed E-state index contributed by atoms with van der Waals surface area (Å²) in [5.74, 6) is -1.04. The third-order valence-corrected chi connectivity index (χ3v) is 2.77. The Balaban J connectivity index is 2.83. The van der Waals surface area contributed by atoms with Crippen LogP contribution in [0.25, 0.3) is 0 Å². The van der Waals surface area contributed by atoms with Crippen molar-refractivity contribution >= 4 is 17.5 Å². The minimum atomic E-state index is -0.772. The summed E-state index contributed by atoms with van der Waals surface area (Å²) in [4.78, 5) is 32.8. The third-order valence-electron chi connectivity index (χ3n) is 2.77. The Kier molecular flexibility index (Phi) is 4.57. The molecule has 1 rings (SSSR count). The molecule has 0 aromatic heterocycles. The van der Waals surface area contributed by atoms with E-state index in [9.17, 15) is 19.7 Å². The minimum Gasteiger partial charge on any atom is -0.368 e. The number of primary amides is 1. The second-order valence-electron chi connectivity index (χ2n) is 4.19. The summed E-state index contributed by atoms with van der Waals surface area (Å²) in [6.07, 6.45) is -0.0366. The van der Waals surface area contributed by atoms with Gasteiger partial charge in [0.2, 0.25) is 11.8 Å². The number of benzene rings is 1. The van der Waals surface area contributed by atoms with Crippen LogP contribution in [-0.4, -0.2) is 22.8 Å². The molecule has 0 radical (unpaired) electrons. The van der Waals surface area contributed by atoms with E-state index in [0.29, 0.717) is 11.1 Å². The predicted octanol–water partition coefficient (Wildman–Crippen LogP) is 0.436. The predicted molar refractivity (Wildman–Crippen MR) is 68.3 cm³/mol. The number of hydrogen-bond acceptors (Lipinski definition) is 4. The van der Waals surface area contributed by atoms with Gasteiger partial charge in [0, 0.05) is 11.6 Å². The van der Waals surface area contributed by atoms with E-state index in [1.54, 1.807) is 13.0 Å². The van der Waals surface area contributed by atoms with Crippen molar-refractivity contribution in [3.63, 3.8) is 0 Å². The molecule has 0 aliphatic carbocycles. The summed E-state index contributed by atoms with van der Waals surface area (Å²) >= 11 is 0. The first-order valence-corrected chi connectivity index (χ1v) is 5.64. The molecule has 2 amide bonds. The lowest BCUT2D eigenvalue weighted by molar-refractivity contribution is -0.385. The van der Waals surface area contributed by atoms with Gasteiger partial charge in [0.15, 0.2) is 0 Å². The normalized spacial score (nSPS) is 11.7. The number of carbonyl (C=O) groups is 2. The Bertz CT molecular complexity index is 528. The molecule has 0 heterocycles. The molecule has 1 aromatic carbocycles. The van der Waals surface area contributed by atoms with Crippen LogP contribution in [0.4, 0.5) is 5.69 Å². The van der Waals surface area contributed by atoms with Crippen LogP contribution in [0, 0.1) is 17.0 Å². The van der Waals surface area contributed by atoms with Gasteiger partial charge >= 0.3 is 0 Å². The first kappa shape index (κ1) is 14.6. The van der Waals surface area contributed by atoms with Gasteiger partial charge in [-0.2, -0.15) is 0 Å². The Morgan fingerprint density at radius 3 is 2.63 bits per heavy atom. The van der Waals surface area contributed by atoms with Crippen LogP contribution in [0.2, 0.25) is 0 Å². The van der Waals surface area contributed by atoms with Crippen LogP contribution in [0.1, 0.15) is 18.1 Å². The van der Waals surface area contributed by atoms with Gasteiger partial charge in [-0.25, -0.2) is 0 Å². The molecule has 3 N–H and O–H groups in total. The molecule has 0 aliphatic rings. The van der Waals surface area contributed by atoms with Crippen LogP contribution in [-0.2, 0) is 16.0 Å². The van der Waals surface area contributed by atoms with Gasteiger partial charge in [-0.1, -0.05) is 12.1 Å². The topological polar surface area (TPSA) is 115 Å². The lowest BCUT2D eigenvalue weighted by Gasteiger charge is -2.11. The summed E-state index contributed by atoms with van der Waals surface area (Å²) < 4.78 is 0. The number of nitrogens with zero attached hydrogens (tertiary/aromatic N) is 1. The highest BCUT2D eigenvalue weighted by Crippen LogP contribution is 2.21. The highest BCUT2D eigenvalue weighted by molar-refractivity contribution is 5.87. The van der Waals surface area contributed by atoms with E-state index < -0.39 is 22.8 Å². The maximum Gasteiger partial charge on any atom is 0.272 e. The van der Waals surface area contributed by atoms with Crippen molar-refractivity contribution in [2.24, 2.45) is 5.73 Å². The number of nitrogens with one attached hydrogen (secondary N) is 1. The molecular formula is C12H15N3O4. The molecule has 0 aliphatic heterocycles. The molecule has 0 bridgehead atoms. The van der Waals surface area contributed by atoms with Crippen molar-refractivity contribution in [3.05, 3.63) is 39.4 Å². The van der Waals surface area contributed by atoms with E-state index in [4.69, 9.17) is 5.73 Å². The molecule has 0 fully saturated rings. The Hall–Kier alpha value is -2.44. The molecule has 0 saturated carbocycles. The van der Waals surface area contributed by atoms with Crippen molar-refractivity contribution in [1.82, 2.24) is 5.32 Å². The molecule has 1 aromatic rings. The highest BCUT2D eigenvalue weighted by atomic mass is 16.6. The summed E-state index contributed by atoms with van der Waals surface area (Å²) in [5, 5.41) is 13.2. The molecular weight excluding hydrogens is 250 g/mol. The van der Waals surface area contributed by atoms with Crippen LogP contribution >= 0.6 is 0 Å². The fourth-order valence-corrected chi connectivity index (χ4v) is 1.60. The molecule has 1 atom stereocenters. The number of amides is 2. The Morgan fingerprint density at radius 2 is 2.11 bits per heavy atom. The molecule has 102 valence electrons. The smallest absolute Gasteiger partial charge is 0.272 e. The zero-order valence-electron chi connectivity index (χ0n) is 10.7. The van der Waals surface area contributed by atoms with Gasteiger partial charge in [-0.15, -0.1) is 0 Å². The zero-order valence-corrected chi connectivity index (χ0v) is 10.7. The Morgan fingerprint density at radius 1 is 1.47 bits per heavy atom. The summed E-state index contributed by atoms with van der Waals surface area (Å²) in [6.45, 7) is 3.05. The molecule has 0 spiro atoms. The van der Waals surface area contributed by atoms with Crippen molar-refractivity contribution in [1.29, 1.82) is 0 Å². The van der Waals surface area contributed by atoms with Crippen LogP contribution in [0.3, 0.4) is 0 Å². The highest BCUT2D eigenvalue weighted by Gasteiger charge is 2.17. The largest absolute Gasteiger partial charge is 0.368 e. The lowest BCUT2D eigenvalue weighted by atomic mass is 10.0. The fraction of sp³-hybridized carbons (Fsp3) is 0.333. The zero-order chi connectivity index (χ0) is 14.6. The molecule has 7 heteroatoms. The summed E-state index contributed by atoms with van der Waals surface area (Å²) in [5.41, 5.74) is 5.98. The first-order valence-electron chi connectivity index (χ1n) is 5.64. The van der Waals surface area contributed by atoms with Crippen molar-refractivity contribution in [2.75, 3.05) is 0 Å². The van der Waals surface area contributed by atoms with Crippen LogP contribution in [0.15, 0.2) is 18.2 Å². The second kappa shape index (κ2) is 5.94. The standard InChI is InChI=1S/C12H15N3O4/c1-7-9(4-3-5-10(7)15(18)19)6-11(16)14-8(2)12(13)17/h3-5,8H,6H2,1-2H3,(H2,13,17)(H,14,16)/t8-/m0/s1. The molecule has 0 saturated heterocycles. The number of nitro groups is 1. The van der Waals surface area contributed by atoms with Crippen LogP contribution < -0.4 is 11.1 Å². The maximum absolute atomic E-state index is 11.7. The van der Waals surface area contributed by atoms with Gasteiger partial charge in [0.1, 0.15) is 6.04 Å². The van der Waals surface area contributed by atoms with E-state index in [0.717, 1.165) is 0 Å². The van der Waals surface area contributed by atoms with Crippen LogP contribution in [0.5, 0.6) is 0 Å². The summed E-state index contributed by atoms with van der Waals surface area (Å²) in [6, 6.07) is 3.76. The third kappa shape index (κ3) is 3.77. The van der Waals surface area contributed by atoms with Gasteiger partial charge in [0.25, 0.3) is 5.69 Å². The van der Waals surface area contributed by atoms with Crippen molar-refractivity contribution < 1.29 is 14.5 Å². The van der Waals surface area contributed by atoms with E-state index >= 15 is 0 Å². The quantitative estimate of drug-likeness (QED) is 0.593. The Labute approximate surface area is 109 Å². The molecule has 0 unspecified atom stereocenters. The van der Waals surface area contributed by atoms with E-state index in [1.807, 2.05) is 0 Å². The monoisotopic (exact) mass is 265 g/mol. The van der Waals surface area contributed by atoms with E-state index in [2.05, 4.69) is 5.32 Å². The molecule has 7 nitrogen and oxygen atoms in total. The maximum atomic E-state index is 11.7. The minimum absolute atomic E-state index is 0.0340. The molecule has 19 heavy (non-hydrogen) atoms. The van der Waals surface area contributed by atoms with Gasteiger partial charge < -0.3 is 11.1 Å². The van der Waals surface area contributed by atoms with E-state index in [1.165, 1.54) is 19.1 Å². The average molecular weight is 265 g/mol. The van der Waals surface area contributed by atoms with Gasteiger partial charge in [-0.3, -0.25) is 19.7 Å². The lowest BCUT2D eigenvalue weighted by Crippen LogP contribution is -2.42.